The fraction of sp³-hybridized carbons (Fsp3) is 0.100. The highest BCUT2D eigenvalue weighted by Gasteiger charge is 2.21. The van der Waals surface area contributed by atoms with Crippen molar-refractivity contribution in [3.8, 4) is 22.6 Å². The molecule has 6 nitrogen and oxygen atoms in total. The zero-order valence-corrected chi connectivity index (χ0v) is 14.6. The van der Waals surface area contributed by atoms with E-state index >= 15 is 0 Å². The number of anilines is 1. The molecule has 6 heteroatoms. The molecule has 26 heavy (non-hydrogen) atoms. The van der Waals surface area contributed by atoms with Gasteiger partial charge < -0.3 is 5.73 Å². The van der Waals surface area contributed by atoms with Gasteiger partial charge in [-0.05, 0) is 31.2 Å². The Morgan fingerprint density at radius 2 is 1.50 bits per heavy atom. The molecular weight excluding hydrogens is 326 g/mol. The van der Waals surface area contributed by atoms with Crippen LogP contribution >= 0.6 is 0 Å². The Hall–Kier alpha value is -3.54. The third kappa shape index (κ3) is 2.43. The molecule has 2 N–H and O–H groups in total. The highest BCUT2D eigenvalue weighted by Crippen LogP contribution is 2.24. The molecule has 0 radical (unpaired) electrons. The lowest BCUT2D eigenvalue weighted by Gasteiger charge is -2.07. The van der Waals surface area contributed by atoms with E-state index in [1.54, 1.807) is 15.4 Å². The summed E-state index contributed by atoms with van der Waals surface area (Å²) in [6.45, 7) is 1.91. The molecule has 0 fully saturated rings. The summed E-state index contributed by atoms with van der Waals surface area (Å²) in [5.41, 5.74) is 9.65. The minimum Gasteiger partial charge on any atom is -0.384 e. The van der Waals surface area contributed by atoms with Crippen molar-refractivity contribution in [3.63, 3.8) is 0 Å². The molecule has 0 saturated carbocycles. The predicted molar refractivity (Wildman–Crippen MR) is 103 cm³/mol. The first kappa shape index (κ1) is 16.0. The van der Waals surface area contributed by atoms with Crippen LogP contribution in [0, 0.1) is 6.92 Å². The molecule has 0 saturated heterocycles. The third-order valence-corrected chi connectivity index (χ3v) is 4.55. The zero-order chi connectivity index (χ0) is 18.3. The Balaban J connectivity index is 1.90. The van der Waals surface area contributed by atoms with E-state index in [9.17, 15) is 4.79 Å². The second-order valence-corrected chi connectivity index (χ2v) is 6.14. The quantitative estimate of drug-likeness (QED) is 0.621. The van der Waals surface area contributed by atoms with Crippen LogP contribution in [0.5, 0.6) is 0 Å². The lowest BCUT2D eigenvalue weighted by atomic mass is 10.2. The van der Waals surface area contributed by atoms with E-state index in [0.717, 1.165) is 17.1 Å². The summed E-state index contributed by atoms with van der Waals surface area (Å²) in [5, 5.41) is 4.59. The van der Waals surface area contributed by atoms with E-state index in [4.69, 9.17) is 5.73 Å². The summed E-state index contributed by atoms with van der Waals surface area (Å²) in [5.74, 6) is 0.486. The van der Waals surface area contributed by atoms with Crippen LogP contribution in [0.3, 0.4) is 0 Å². The van der Waals surface area contributed by atoms with Gasteiger partial charge in [-0.1, -0.05) is 36.4 Å². The van der Waals surface area contributed by atoms with Gasteiger partial charge in [0.15, 0.2) is 0 Å². The highest BCUT2D eigenvalue weighted by atomic mass is 16.1. The lowest BCUT2D eigenvalue weighted by molar-refractivity contribution is 0.630. The first-order chi connectivity index (χ1) is 12.6. The summed E-state index contributed by atoms with van der Waals surface area (Å²) >= 11 is 0. The number of para-hydroxylation sites is 2. The molecule has 0 spiro atoms. The van der Waals surface area contributed by atoms with Crippen molar-refractivity contribution in [1.29, 1.82) is 0 Å². The largest absolute Gasteiger partial charge is 0.384 e. The monoisotopic (exact) mass is 345 g/mol. The van der Waals surface area contributed by atoms with Crippen LogP contribution in [0.15, 0.2) is 71.5 Å². The minimum atomic E-state index is -0.117. The highest BCUT2D eigenvalue weighted by molar-refractivity contribution is 5.66. The number of hydrogen-bond acceptors (Lipinski definition) is 3. The SMILES string of the molecule is Cc1c(-c2cc(N)n(-c3ccccc3)n2)c(=O)n(-c2ccccc2)n1C. The Kier molecular flexibility index (Phi) is 3.73. The van der Waals surface area contributed by atoms with Crippen LogP contribution in [0.2, 0.25) is 0 Å². The van der Waals surface area contributed by atoms with Crippen molar-refractivity contribution in [1.82, 2.24) is 19.1 Å². The molecule has 0 amide bonds. The van der Waals surface area contributed by atoms with Gasteiger partial charge in [-0.15, -0.1) is 0 Å². The summed E-state index contributed by atoms with van der Waals surface area (Å²) in [6, 6.07) is 20.9. The molecule has 0 aliphatic rings. The number of nitrogen functional groups attached to an aromatic ring is 1. The van der Waals surface area contributed by atoms with Crippen LogP contribution < -0.4 is 11.3 Å². The van der Waals surface area contributed by atoms with E-state index in [1.807, 2.05) is 79.3 Å². The van der Waals surface area contributed by atoms with E-state index < -0.39 is 0 Å². The molecule has 2 heterocycles. The number of hydrogen-bond donors (Lipinski definition) is 1. The van der Waals surface area contributed by atoms with Crippen molar-refractivity contribution >= 4 is 5.82 Å². The number of nitrogens with two attached hydrogens (primary N) is 1. The average molecular weight is 345 g/mol. The normalized spacial score (nSPS) is 11.0. The maximum absolute atomic E-state index is 13.1. The van der Waals surface area contributed by atoms with E-state index in [2.05, 4.69) is 5.10 Å². The Bertz CT molecular complexity index is 1120. The molecular formula is C20H19N5O. The fourth-order valence-corrected chi connectivity index (χ4v) is 3.16. The first-order valence-electron chi connectivity index (χ1n) is 8.33. The van der Waals surface area contributed by atoms with Gasteiger partial charge in [0.1, 0.15) is 11.5 Å². The van der Waals surface area contributed by atoms with Crippen molar-refractivity contribution < 1.29 is 0 Å². The number of nitrogens with zero attached hydrogens (tertiary/aromatic N) is 4. The van der Waals surface area contributed by atoms with Gasteiger partial charge in [0.05, 0.1) is 16.9 Å². The molecule has 130 valence electrons. The topological polar surface area (TPSA) is 70.8 Å². The standard InChI is InChI=1S/C20H19N5O/c1-14-19(20(26)25(23(14)2)16-11-7-4-8-12-16)17-13-18(21)24(22-17)15-9-5-3-6-10-15/h3-13H,21H2,1-2H3. The molecule has 2 aromatic heterocycles. The van der Waals surface area contributed by atoms with Crippen molar-refractivity contribution in [3.05, 3.63) is 82.8 Å². The summed E-state index contributed by atoms with van der Waals surface area (Å²) < 4.78 is 5.13. The van der Waals surface area contributed by atoms with Crippen LogP contribution in [0.1, 0.15) is 5.69 Å². The van der Waals surface area contributed by atoms with Gasteiger partial charge in [-0.3, -0.25) is 9.48 Å². The average Bonchev–Trinajstić information content (AvgIpc) is 3.14. The van der Waals surface area contributed by atoms with Crippen LogP contribution in [-0.2, 0) is 7.05 Å². The van der Waals surface area contributed by atoms with Crippen LogP contribution in [0.25, 0.3) is 22.6 Å². The van der Waals surface area contributed by atoms with Crippen molar-refractivity contribution in [2.45, 2.75) is 6.92 Å². The summed E-state index contributed by atoms with van der Waals surface area (Å²) in [4.78, 5) is 13.1. The second kappa shape index (κ2) is 6.07. The number of aromatic nitrogens is 4. The van der Waals surface area contributed by atoms with Crippen molar-refractivity contribution in [2.75, 3.05) is 5.73 Å². The van der Waals surface area contributed by atoms with Gasteiger partial charge in [-0.2, -0.15) is 5.10 Å². The Labute approximate surface area is 150 Å². The molecule has 0 aliphatic carbocycles. The predicted octanol–water partition coefficient (Wildman–Crippen LogP) is 2.92. The van der Waals surface area contributed by atoms with E-state index in [-0.39, 0.29) is 5.56 Å². The van der Waals surface area contributed by atoms with Gasteiger partial charge in [0, 0.05) is 18.8 Å². The van der Waals surface area contributed by atoms with Crippen molar-refractivity contribution in [2.24, 2.45) is 7.05 Å². The molecule has 0 aliphatic heterocycles. The summed E-state index contributed by atoms with van der Waals surface area (Å²) in [7, 11) is 1.87. The molecule has 0 unspecified atom stereocenters. The van der Waals surface area contributed by atoms with Gasteiger partial charge in [0.25, 0.3) is 5.56 Å². The van der Waals surface area contributed by atoms with Gasteiger partial charge >= 0.3 is 0 Å². The number of benzene rings is 2. The molecule has 0 bridgehead atoms. The molecule has 4 aromatic rings. The molecule has 4 rings (SSSR count). The van der Waals surface area contributed by atoms with E-state index in [1.165, 1.54) is 0 Å². The smallest absolute Gasteiger partial charge is 0.281 e. The Morgan fingerprint density at radius 3 is 2.12 bits per heavy atom. The Morgan fingerprint density at radius 1 is 0.923 bits per heavy atom. The second-order valence-electron chi connectivity index (χ2n) is 6.14. The maximum Gasteiger partial charge on any atom is 0.281 e. The maximum atomic E-state index is 13.1. The van der Waals surface area contributed by atoms with E-state index in [0.29, 0.717) is 17.1 Å². The fourth-order valence-electron chi connectivity index (χ4n) is 3.16. The third-order valence-electron chi connectivity index (χ3n) is 4.55. The summed E-state index contributed by atoms with van der Waals surface area (Å²) in [6.07, 6.45) is 0. The minimum absolute atomic E-state index is 0.117. The van der Waals surface area contributed by atoms with Gasteiger partial charge in [0.2, 0.25) is 0 Å². The van der Waals surface area contributed by atoms with Crippen LogP contribution in [0.4, 0.5) is 5.82 Å². The molecule has 2 aromatic carbocycles. The van der Waals surface area contributed by atoms with Crippen LogP contribution in [-0.4, -0.2) is 19.1 Å². The zero-order valence-electron chi connectivity index (χ0n) is 14.6. The van der Waals surface area contributed by atoms with Gasteiger partial charge in [-0.25, -0.2) is 9.36 Å². The number of rotatable bonds is 3. The lowest BCUT2D eigenvalue weighted by Crippen LogP contribution is -2.20. The molecule has 0 atom stereocenters. The first-order valence-corrected chi connectivity index (χ1v) is 8.33.